The Morgan fingerprint density at radius 1 is 1.43 bits per heavy atom. The van der Waals surface area contributed by atoms with Crippen molar-refractivity contribution in [1.29, 1.82) is 10.5 Å². The molecule has 1 aliphatic rings. The molecule has 0 bridgehead atoms. The van der Waals surface area contributed by atoms with E-state index >= 15 is 0 Å². The van der Waals surface area contributed by atoms with Gasteiger partial charge in [0, 0.05) is 18.2 Å². The van der Waals surface area contributed by atoms with Gasteiger partial charge in [-0.2, -0.15) is 10.5 Å². The molecule has 6 nitrogen and oxygen atoms in total. The minimum atomic E-state index is -1.66. The summed E-state index contributed by atoms with van der Waals surface area (Å²) in [6.07, 6.45) is 0. The van der Waals surface area contributed by atoms with Crippen molar-refractivity contribution in [3.8, 4) is 12.1 Å². The highest BCUT2D eigenvalue weighted by atomic mass is 16.5. The highest BCUT2D eigenvalue weighted by Crippen LogP contribution is 2.43. The van der Waals surface area contributed by atoms with E-state index in [1.165, 1.54) is 7.05 Å². The molecule has 2 atom stereocenters. The molecule has 106 valence electrons. The molecule has 2 rings (SSSR count). The summed E-state index contributed by atoms with van der Waals surface area (Å²) in [7, 11) is 1.41. The van der Waals surface area contributed by atoms with Crippen molar-refractivity contribution >= 4 is 11.9 Å². The number of esters is 1. The third-order valence-corrected chi connectivity index (χ3v) is 3.64. The molecule has 1 amide bonds. The zero-order valence-electron chi connectivity index (χ0n) is 11.7. The number of fused-ring (bicyclic) bond motifs is 1. The number of benzene rings is 1. The summed E-state index contributed by atoms with van der Waals surface area (Å²) in [5.74, 6) is -2.60. The van der Waals surface area contributed by atoms with E-state index in [0.29, 0.717) is 11.1 Å². The van der Waals surface area contributed by atoms with E-state index in [4.69, 9.17) is 4.74 Å². The van der Waals surface area contributed by atoms with Gasteiger partial charge >= 0.3 is 5.97 Å². The van der Waals surface area contributed by atoms with Gasteiger partial charge in [-0.15, -0.1) is 0 Å². The van der Waals surface area contributed by atoms with Crippen molar-refractivity contribution in [2.24, 2.45) is 5.92 Å². The lowest BCUT2D eigenvalue weighted by Crippen LogP contribution is -2.48. The highest BCUT2D eigenvalue weighted by molar-refractivity contribution is 6.01. The summed E-state index contributed by atoms with van der Waals surface area (Å²) in [6, 6.07) is 10.3. The first kappa shape index (κ1) is 14.5. The topological polar surface area (TPSA) is 94.2 Å². The Bertz CT molecular complexity index is 686. The van der Waals surface area contributed by atoms with Crippen LogP contribution in [-0.2, 0) is 15.1 Å². The van der Waals surface area contributed by atoms with E-state index in [1.54, 1.807) is 31.2 Å². The van der Waals surface area contributed by atoms with Crippen LogP contribution in [0.2, 0.25) is 0 Å². The van der Waals surface area contributed by atoms with Crippen LogP contribution in [0.3, 0.4) is 0 Å². The molecule has 21 heavy (non-hydrogen) atoms. The number of ether oxygens (including phenoxy) is 1. The second-order valence-electron chi connectivity index (χ2n) is 4.60. The quantitative estimate of drug-likeness (QED) is 0.777. The zero-order chi connectivity index (χ0) is 15.6. The molecule has 1 aromatic carbocycles. The summed E-state index contributed by atoms with van der Waals surface area (Å²) in [5, 5.41) is 19.0. The lowest BCUT2D eigenvalue weighted by atomic mass is 9.79. The Balaban J connectivity index is 2.67. The first-order chi connectivity index (χ1) is 10.0. The summed E-state index contributed by atoms with van der Waals surface area (Å²) in [6.45, 7) is 1.71. The average Bonchev–Trinajstić information content (AvgIpc) is 2.71. The Hall–Kier alpha value is -2.86. The minimum absolute atomic E-state index is 0.0951. The summed E-state index contributed by atoms with van der Waals surface area (Å²) in [5.41, 5.74) is -0.972. The third kappa shape index (κ3) is 1.85. The van der Waals surface area contributed by atoms with Crippen molar-refractivity contribution in [3.05, 3.63) is 35.4 Å². The molecule has 1 aromatic rings. The van der Waals surface area contributed by atoms with Crippen molar-refractivity contribution in [3.63, 3.8) is 0 Å². The molecular formula is C15H13N3O3. The van der Waals surface area contributed by atoms with Crippen LogP contribution in [0.15, 0.2) is 24.3 Å². The fourth-order valence-corrected chi connectivity index (χ4v) is 2.61. The van der Waals surface area contributed by atoms with Crippen LogP contribution in [-0.4, -0.2) is 30.4 Å². The number of rotatable bonds is 3. The smallest absolute Gasteiger partial charge is 0.327 e. The Morgan fingerprint density at radius 2 is 2.10 bits per heavy atom. The molecule has 0 saturated carbocycles. The van der Waals surface area contributed by atoms with E-state index in [-0.39, 0.29) is 6.61 Å². The molecule has 2 unspecified atom stereocenters. The maximum Gasteiger partial charge on any atom is 0.327 e. The predicted octanol–water partition coefficient (Wildman–Crippen LogP) is 1.19. The molecule has 1 aliphatic heterocycles. The van der Waals surface area contributed by atoms with Gasteiger partial charge in [0.1, 0.15) is 0 Å². The number of carbonyl (C=O) groups is 2. The normalized spacial score (nSPS) is 21.1. The largest absolute Gasteiger partial charge is 0.465 e. The van der Waals surface area contributed by atoms with E-state index in [1.807, 2.05) is 12.1 Å². The SMILES string of the molecule is CCOC(=O)C(C#N)C1(C#N)c2ccccc2C(=O)N1C. The number of nitriles is 2. The molecule has 1 heterocycles. The van der Waals surface area contributed by atoms with Gasteiger partial charge in [-0.05, 0) is 13.0 Å². The Labute approximate surface area is 122 Å². The van der Waals surface area contributed by atoms with Gasteiger partial charge in [0.2, 0.25) is 0 Å². The van der Waals surface area contributed by atoms with Crippen LogP contribution in [0.25, 0.3) is 0 Å². The molecule has 0 aromatic heterocycles. The van der Waals surface area contributed by atoms with E-state index in [9.17, 15) is 20.1 Å². The lowest BCUT2D eigenvalue weighted by molar-refractivity contribution is -0.149. The third-order valence-electron chi connectivity index (χ3n) is 3.64. The maximum absolute atomic E-state index is 12.3. The van der Waals surface area contributed by atoms with Crippen LogP contribution in [0.1, 0.15) is 22.8 Å². The summed E-state index contributed by atoms with van der Waals surface area (Å²) >= 11 is 0. The molecular weight excluding hydrogens is 270 g/mol. The first-order valence-electron chi connectivity index (χ1n) is 6.39. The standard InChI is InChI=1S/C15H13N3O3/c1-3-21-14(20)12(8-16)15(9-17)11-7-5-4-6-10(11)13(19)18(15)2/h4-7,12H,3H2,1-2H3. The van der Waals surface area contributed by atoms with E-state index in [2.05, 4.69) is 0 Å². The summed E-state index contributed by atoms with van der Waals surface area (Å²) < 4.78 is 4.88. The van der Waals surface area contributed by atoms with Gasteiger partial charge in [0.15, 0.2) is 11.5 Å². The Kier molecular flexibility index (Phi) is 3.64. The molecule has 0 aliphatic carbocycles. The summed E-state index contributed by atoms with van der Waals surface area (Å²) in [4.78, 5) is 25.5. The monoisotopic (exact) mass is 283 g/mol. The number of amides is 1. The van der Waals surface area contributed by atoms with Crippen molar-refractivity contribution in [2.75, 3.05) is 13.7 Å². The number of hydrogen-bond acceptors (Lipinski definition) is 5. The predicted molar refractivity (Wildman–Crippen MR) is 71.6 cm³/mol. The zero-order valence-corrected chi connectivity index (χ0v) is 11.7. The van der Waals surface area contributed by atoms with Gasteiger partial charge in [-0.3, -0.25) is 9.59 Å². The molecule has 0 fully saturated rings. The number of carbonyl (C=O) groups excluding carboxylic acids is 2. The van der Waals surface area contributed by atoms with Gasteiger partial charge < -0.3 is 9.64 Å². The second kappa shape index (κ2) is 5.26. The molecule has 0 spiro atoms. The maximum atomic E-state index is 12.3. The molecule has 6 heteroatoms. The van der Waals surface area contributed by atoms with E-state index < -0.39 is 23.3 Å². The van der Waals surface area contributed by atoms with Gasteiger partial charge in [-0.1, -0.05) is 18.2 Å². The average molecular weight is 283 g/mol. The van der Waals surface area contributed by atoms with E-state index in [0.717, 1.165) is 4.90 Å². The van der Waals surface area contributed by atoms with Crippen LogP contribution in [0.5, 0.6) is 0 Å². The van der Waals surface area contributed by atoms with Gasteiger partial charge in [-0.25, -0.2) is 0 Å². The number of nitrogens with zero attached hydrogens (tertiary/aromatic N) is 3. The van der Waals surface area contributed by atoms with Crippen LogP contribution >= 0.6 is 0 Å². The van der Waals surface area contributed by atoms with Gasteiger partial charge in [0.05, 0.1) is 18.7 Å². The molecule has 0 saturated heterocycles. The first-order valence-corrected chi connectivity index (χ1v) is 6.39. The fraction of sp³-hybridized carbons (Fsp3) is 0.333. The van der Waals surface area contributed by atoms with Gasteiger partial charge in [0.25, 0.3) is 5.91 Å². The fourth-order valence-electron chi connectivity index (χ4n) is 2.61. The molecule has 0 radical (unpaired) electrons. The van der Waals surface area contributed by atoms with Crippen molar-refractivity contribution < 1.29 is 14.3 Å². The minimum Gasteiger partial charge on any atom is -0.465 e. The molecule has 0 N–H and O–H groups in total. The van der Waals surface area contributed by atoms with Crippen LogP contribution in [0, 0.1) is 28.6 Å². The second-order valence-corrected chi connectivity index (χ2v) is 4.60. The lowest BCUT2D eigenvalue weighted by Gasteiger charge is -2.32. The Morgan fingerprint density at radius 3 is 2.67 bits per heavy atom. The highest BCUT2D eigenvalue weighted by Gasteiger charge is 2.57. The van der Waals surface area contributed by atoms with Crippen LogP contribution in [0.4, 0.5) is 0 Å². The van der Waals surface area contributed by atoms with Crippen molar-refractivity contribution in [1.82, 2.24) is 4.90 Å². The van der Waals surface area contributed by atoms with Crippen molar-refractivity contribution in [2.45, 2.75) is 12.5 Å². The van der Waals surface area contributed by atoms with Crippen LogP contribution < -0.4 is 0 Å². The number of hydrogen-bond donors (Lipinski definition) is 0.